The molecule has 0 aliphatic carbocycles. The highest BCUT2D eigenvalue weighted by Gasteiger charge is 2.12. The molecule has 0 aliphatic heterocycles. The SMILES string of the molecule is COC(=NC(C)c1ccccc1)NC(=O)c1ccccc1C. The molecule has 114 valence electrons. The third kappa shape index (κ3) is 3.95. The summed E-state index contributed by atoms with van der Waals surface area (Å²) in [5.74, 6) is -0.223. The maximum Gasteiger partial charge on any atom is 0.292 e. The molecule has 4 heteroatoms. The Kier molecular flexibility index (Phi) is 5.31. The van der Waals surface area contributed by atoms with Crippen LogP contribution in [0.25, 0.3) is 0 Å². The minimum atomic E-state index is -0.223. The lowest BCUT2D eigenvalue weighted by atomic mass is 10.1. The van der Waals surface area contributed by atoms with Crippen LogP contribution in [0.3, 0.4) is 0 Å². The summed E-state index contributed by atoms with van der Waals surface area (Å²) in [6, 6.07) is 17.4. The number of benzene rings is 2. The van der Waals surface area contributed by atoms with Gasteiger partial charge >= 0.3 is 0 Å². The lowest BCUT2D eigenvalue weighted by Gasteiger charge is -2.12. The summed E-state index contributed by atoms with van der Waals surface area (Å²) in [5.41, 5.74) is 2.58. The summed E-state index contributed by atoms with van der Waals surface area (Å²) in [4.78, 5) is 16.7. The van der Waals surface area contributed by atoms with Crippen molar-refractivity contribution in [2.24, 2.45) is 4.99 Å². The fourth-order valence-electron chi connectivity index (χ4n) is 2.11. The monoisotopic (exact) mass is 296 g/mol. The molecule has 1 amide bonds. The van der Waals surface area contributed by atoms with Gasteiger partial charge in [-0.25, -0.2) is 4.99 Å². The number of rotatable bonds is 3. The normalized spacial score (nSPS) is 12.6. The Bertz CT molecular complexity index is 666. The largest absolute Gasteiger partial charge is 0.468 e. The Labute approximate surface area is 130 Å². The van der Waals surface area contributed by atoms with Gasteiger partial charge in [0, 0.05) is 5.56 Å². The van der Waals surface area contributed by atoms with Crippen LogP contribution in [0.4, 0.5) is 0 Å². The molecule has 2 aromatic rings. The Morgan fingerprint density at radius 1 is 1.09 bits per heavy atom. The van der Waals surface area contributed by atoms with E-state index in [1.807, 2.05) is 62.4 Å². The molecule has 0 spiro atoms. The van der Waals surface area contributed by atoms with Crippen LogP contribution >= 0.6 is 0 Å². The Morgan fingerprint density at radius 2 is 1.73 bits per heavy atom. The third-order valence-corrected chi connectivity index (χ3v) is 3.40. The highest BCUT2D eigenvalue weighted by Crippen LogP contribution is 2.16. The molecule has 0 radical (unpaired) electrons. The van der Waals surface area contributed by atoms with E-state index in [9.17, 15) is 4.79 Å². The van der Waals surface area contributed by atoms with E-state index in [-0.39, 0.29) is 18.0 Å². The van der Waals surface area contributed by atoms with Gasteiger partial charge in [0.05, 0.1) is 13.2 Å². The zero-order valence-electron chi connectivity index (χ0n) is 13.0. The van der Waals surface area contributed by atoms with Crippen LogP contribution in [0.1, 0.15) is 34.5 Å². The first-order chi connectivity index (χ1) is 10.6. The van der Waals surface area contributed by atoms with Crippen LogP contribution in [0.5, 0.6) is 0 Å². The first-order valence-electron chi connectivity index (χ1n) is 7.15. The van der Waals surface area contributed by atoms with Crippen molar-refractivity contribution in [3.8, 4) is 0 Å². The van der Waals surface area contributed by atoms with E-state index < -0.39 is 0 Å². The van der Waals surface area contributed by atoms with Gasteiger partial charge in [-0.05, 0) is 31.0 Å². The number of nitrogens with one attached hydrogen (secondary N) is 1. The lowest BCUT2D eigenvalue weighted by molar-refractivity contribution is 0.0967. The fraction of sp³-hybridized carbons (Fsp3) is 0.222. The van der Waals surface area contributed by atoms with E-state index in [2.05, 4.69) is 10.3 Å². The molecule has 0 aliphatic rings. The average molecular weight is 296 g/mol. The zero-order chi connectivity index (χ0) is 15.9. The number of ether oxygens (including phenoxy) is 1. The molecule has 2 aromatic carbocycles. The van der Waals surface area contributed by atoms with Crippen molar-refractivity contribution < 1.29 is 9.53 Å². The highest BCUT2D eigenvalue weighted by atomic mass is 16.5. The van der Waals surface area contributed by atoms with E-state index in [1.165, 1.54) is 7.11 Å². The molecule has 0 bridgehead atoms. The standard InChI is InChI=1S/C18H20N2O2/c1-13-9-7-8-12-16(13)17(21)20-18(22-3)19-14(2)15-10-5-4-6-11-15/h4-12,14H,1-3H3,(H,19,20,21). The van der Waals surface area contributed by atoms with Crippen LogP contribution in [0, 0.1) is 6.92 Å². The van der Waals surface area contributed by atoms with Crippen LogP contribution in [0.2, 0.25) is 0 Å². The number of hydrogen-bond acceptors (Lipinski definition) is 3. The van der Waals surface area contributed by atoms with Crippen molar-refractivity contribution in [3.05, 3.63) is 71.3 Å². The van der Waals surface area contributed by atoms with Gasteiger partial charge in [0.15, 0.2) is 0 Å². The quantitative estimate of drug-likeness (QED) is 0.696. The average Bonchev–Trinajstić information content (AvgIpc) is 2.55. The predicted molar refractivity (Wildman–Crippen MR) is 87.9 cm³/mol. The summed E-state index contributed by atoms with van der Waals surface area (Å²) < 4.78 is 5.19. The van der Waals surface area contributed by atoms with Crippen molar-refractivity contribution in [1.29, 1.82) is 0 Å². The lowest BCUT2D eigenvalue weighted by Crippen LogP contribution is -2.32. The van der Waals surface area contributed by atoms with Crippen LogP contribution in [-0.4, -0.2) is 19.0 Å². The predicted octanol–water partition coefficient (Wildman–Crippen LogP) is 3.49. The molecule has 1 unspecified atom stereocenters. The van der Waals surface area contributed by atoms with Crippen molar-refractivity contribution >= 4 is 11.9 Å². The summed E-state index contributed by atoms with van der Waals surface area (Å²) in [5, 5.41) is 2.71. The van der Waals surface area contributed by atoms with E-state index in [1.54, 1.807) is 6.07 Å². The van der Waals surface area contributed by atoms with E-state index in [4.69, 9.17) is 4.74 Å². The smallest absolute Gasteiger partial charge is 0.292 e. The van der Waals surface area contributed by atoms with E-state index in [0.717, 1.165) is 11.1 Å². The minimum absolute atomic E-state index is 0.103. The van der Waals surface area contributed by atoms with E-state index in [0.29, 0.717) is 5.56 Å². The summed E-state index contributed by atoms with van der Waals surface area (Å²) in [7, 11) is 1.49. The molecule has 0 fully saturated rings. The second-order valence-electron chi connectivity index (χ2n) is 4.99. The van der Waals surface area contributed by atoms with Gasteiger partial charge in [-0.15, -0.1) is 0 Å². The number of aryl methyl sites for hydroxylation is 1. The highest BCUT2D eigenvalue weighted by molar-refractivity contribution is 6.04. The maximum atomic E-state index is 12.3. The summed E-state index contributed by atoms with van der Waals surface area (Å²) in [6.07, 6.45) is 0. The van der Waals surface area contributed by atoms with Crippen LogP contribution < -0.4 is 5.32 Å². The number of carbonyl (C=O) groups excluding carboxylic acids is 1. The Balaban J connectivity index is 2.14. The van der Waals surface area contributed by atoms with Crippen molar-refractivity contribution in [2.75, 3.05) is 7.11 Å². The Morgan fingerprint density at radius 3 is 2.36 bits per heavy atom. The van der Waals surface area contributed by atoms with Crippen molar-refractivity contribution in [2.45, 2.75) is 19.9 Å². The number of carbonyl (C=O) groups is 1. The third-order valence-electron chi connectivity index (χ3n) is 3.40. The number of nitrogens with zero attached hydrogens (tertiary/aromatic N) is 1. The number of amidine groups is 1. The molecule has 22 heavy (non-hydrogen) atoms. The van der Waals surface area contributed by atoms with Gasteiger partial charge in [0.1, 0.15) is 0 Å². The van der Waals surface area contributed by atoms with Crippen LogP contribution in [0.15, 0.2) is 59.6 Å². The molecule has 0 saturated carbocycles. The minimum Gasteiger partial charge on any atom is -0.468 e. The molecular weight excluding hydrogens is 276 g/mol. The topological polar surface area (TPSA) is 50.7 Å². The molecule has 2 rings (SSSR count). The summed E-state index contributed by atoms with van der Waals surface area (Å²) >= 11 is 0. The molecule has 0 aromatic heterocycles. The number of aliphatic imine (C=N–C) groups is 1. The molecule has 1 N–H and O–H groups in total. The molecule has 1 atom stereocenters. The second-order valence-corrected chi connectivity index (χ2v) is 4.99. The number of hydrogen-bond donors (Lipinski definition) is 1. The fourth-order valence-corrected chi connectivity index (χ4v) is 2.11. The molecular formula is C18H20N2O2. The van der Waals surface area contributed by atoms with Gasteiger partial charge in [0.2, 0.25) is 0 Å². The molecule has 0 saturated heterocycles. The van der Waals surface area contributed by atoms with Gasteiger partial charge < -0.3 is 4.74 Å². The van der Waals surface area contributed by atoms with Gasteiger partial charge in [-0.1, -0.05) is 48.5 Å². The zero-order valence-corrected chi connectivity index (χ0v) is 13.0. The van der Waals surface area contributed by atoms with Gasteiger partial charge in [0.25, 0.3) is 11.9 Å². The number of amides is 1. The van der Waals surface area contributed by atoms with Gasteiger partial charge in [-0.3, -0.25) is 10.1 Å². The molecule has 4 nitrogen and oxygen atoms in total. The van der Waals surface area contributed by atoms with Crippen molar-refractivity contribution in [1.82, 2.24) is 5.32 Å². The number of methoxy groups -OCH3 is 1. The first-order valence-corrected chi connectivity index (χ1v) is 7.15. The van der Waals surface area contributed by atoms with E-state index >= 15 is 0 Å². The van der Waals surface area contributed by atoms with Gasteiger partial charge in [-0.2, -0.15) is 0 Å². The first kappa shape index (κ1) is 15.8. The maximum absolute atomic E-state index is 12.3. The van der Waals surface area contributed by atoms with Crippen molar-refractivity contribution in [3.63, 3.8) is 0 Å². The van der Waals surface area contributed by atoms with Crippen LogP contribution in [-0.2, 0) is 4.74 Å². The molecule has 0 heterocycles. The summed E-state index contributed by atoms with van der Waals surface area (Å²) in [6.45, 7) is 3.85. The Hall–Kier alpha value is -2.62. The second kappa shape index (κ2) is 7.41.